The van der Waals surface area contributed by atoms with E-state index in [1.54, 1.807) is 0 Å². The second kappa shape index (κ2) is 8.60. The highest BCUT2D eigenvalue weighted by Crippen LogP contribution is 2.67. The zero-order valence-electron chi connectivity index (χ0n) is 19.6. The lowest BCUT2D eigenvalue weighted by Gasteiger charge is -2.61. The summed E-state index contributed by atoms with van der Waals surface area (Å²) in [5, 5.41) is 11.3. The van der Waals surface area contributed by atoms with Gasteiger partial charge in [-0.25, -0.2) is 0 Å². The van der Waals surface area contributed by atoms with Gasteiger partial charge in [0.1, 0.15) is 0 Å². The van der Waals surface area contributed by atoms with Crippen LogP contribution in [0.1, 0.15) is 100 Å². The van der Waals surface area contributed by atoms with E-state index in [2.05, 4.69) is 48.1 Å². The van der Waals surface area contributed by atoms with E-state index < -0.39 is 0 Å². The highest BCUT2D eigenvalue weighted by atomic mass is 16.3. The summed E-state index contributed by atoms with van der Waals surface area (Å²) in [5.41, 5.74) is 1.83. The number of rotatable bonds is 4. The average molecular weight is 377 g/mol. The lowest BCUT2D eigenvalue weighted by Crippen LogP contribution is -2.58. The van der Waals surface area contributed by atoms with Crippen molar-refractivity contribution in [3.8, 4) is 0 Å². The minimum absolute atomic E-state index is 0.104. The third-order valence-electron chi connectivity index (χ3n) is 9.39. The molecule has 0 radical (unpaired) electrons. The first-order chi connectivity index (χ1) is 12.6. The van der Waals surface area contributed by atoms with Crippen LogP contribution in [0.4, 0.5) is 0 Å². The summed E-state index contributed by atoms with van der Waals surface area (Å²) in [6.45, 7) is 22.6. The summed E-state index contributed by atoms with van der Waals surface area (Å²) in [4.78, 5) is 0. The van der Waals surface area contributed by atoms with Crippen molar-refractivity contribution in [3.05, 3.63) is 12.2 Å². The number of hydrogen-bond acceptors (Lipinski definition) is 1. The number of aliphatic hydroxyl groups is 1. The molecule has 1 nitrogen and oxygen atoms in total. The molecule has 6 unspecified atom stereocenters. The Kier molecular flexibility index (Phi) is 7.32. The van der Waals surface area contributed by atoms with Gasteiger partial charge in [0.15, 0.2) is 0 Å². The predicted molar refractivity (Wildman–Crippen MR) is 119 cm³/mol. The molecule has 1 N–H and O–H groups in total. The monoisotopic (exact) mass is 376 g/mol. The molecule has 0 spiro atoms. The van der Waals surface area contributed by atoms with Gasteiger partial charge < -0.3 is 5.11 Å². The van der Waals surface area contributed by atoms with Crippen molar-refractivity contribution in [2.24, 2.45) is 46.3 Å². The third-order valence-corrected chi connectivity index (χ3v) is 9.39. The standard InChI is InChI=1S/C24H42O.C2H6/c1-15(2)9-8-10-18-11-12-19-22-16(3)13-17(4)23(5,6)20(22)14-21(25)24(18,19)7;1-2/h16-22,25H,1,8-14H2,2-7H3;1-2H3/t16-,17?,18?,19?,20?,21+,22?,24?;/m1./s1. The normalized spacial score (nSPS) is 45.3. The third kappa shape index (κ3) is 3.92. The predicted octanol–water partition coefficient (Wildman–Crippen LogP) is 7.49. The number of hydrogen-bond donors (Lipinski definition) is 1. The Morgan fingerprint density at radius 3 is 2.26 bits per heavy atom. The van der Waals surface area contributed by atoms with Crippen molar-refractivity contribution in [2.45, 2.75) is 106 Å². The fourth-order valence-corrected chi connectivity index (χ4v) is 7.45. The van der Waals surface area contributed by atoms with Crippen LogP contribution in [0.15, 0.2) is 12.2 Å². The van der Waals surface area contributed by atoms with Crippen LogP contribution in [0.5, 0.6) is 0 Å². The van der Waals surface area contributed by atoms with Crippen LogP contribution >= 0.6 is 0 Å². The van der Waals surface area contributed by atoms with Gasteiger partial charge in [0.05, 0.1) is 6.10 Å². The molecule has 3 aliphatic rings. The Balaban J connectivity index is 0.00000126. The second-order valence-electron chi connectivity index (χ2n) is 11.0. The van der Waals surface area contributed by atoms with E-state index >= 15 is 0 Å². The van der Waals surface area contributed by atoms with Crippen molar-refractivity contribution in [2.75, 3.05) is 0 Å². The number of allylic oxidation sites excluding steroid dienone is 1. The molecule has 1 heteroatoms. The molecule has 8 atom stereocenters. The van der Waals surface area contributed by atoms with Crippen LogP contribution in [0.3, 0.4) is 0 Å². The van der Waals surface area contributed by atoms with Gasteiger partial charge in [0, 0.05) is 0 Å². The Bertz CT molecular complexity index is 506. The van der Waals surface area contributed by atoms with Gasteiger partial charge in [-0.05, 0) is 98.2 Å². The van der Waals surface area contributed by atoms with Crippen LogP contribution in [0, 0.1) is 46.3 Å². The summed E-state index contributed by atoms with van der Waals surface area (Å²) >= 11 is 0. The number of fused-ring (bicyclic) bond motifs is 3. The molecule has 158 valence electrons. The van der Waals surface area contributed by atoms with Crippen LogP contribution in [-0.4, -0.2) is 11.2 Å². The topological polar surface area (TPSA) is 20.2 Å². The Morgan fingerprint density at radius 1 is 1.04 bits per heavy atom. The minimum Gasteiger partial charge on any atom is -0.393 e. The summed E-state index contributed by atoms with van der Waals surface area (Å²) in [5.74, 6) is 4.56. The van der Waals surface area contributed by atoms with Crippen LogP contribution in [0.2, 0.25) is 0 Å². The molecule has 3 fully saturated rings. The van der Waals surface area contributed by atoms with Gasteiger partial charge in [0.2, 0.25) is 0 Å². The number of aliphatic hydroxyl groups excluding tert-OH is 1. The van der Waals surface area contributed by atoms with E-state index in [1.807, 2.05) is 13.8 Å². The molecular weight excluding hydrogens is 328 g/mol. The minimum atomic E-state index is -0.104. The lowest BCUT2D eigenvalue weighted by molar-refractivity contribution is -0.166. The Hall–Kier alpha value is -0.300. The van der Waals surface area contributed by atoms with Crippen LogP contribution in [0.25, 0.3) is 0 Å². The van der Waals surface area contributed by atoms with Crippen LogP contribution < -0.4 is 0 Å². The SMILES string of the molecule is C=C(C)CCCC1CCC2C3C(C[C@H](O)C12C)C(C)(C)C(C)C[C@H]3C.CC. The molecule has 0 aromatic heterocycles. The van der Waals surface area contributed by atoms with E-state index in [-0.39, 0.29) is 11.5 Å². The molecule has 0 aromatic carbocycles. The molecule has 0 aliphatic heterocycles. The molecule has 0 aromatic rings. The van der Waals surface area contributed by atoms with Crippen LogP contribution in [-0.2, 0) is 0 Å². The summed E-state index contributed by atoms with van der Waals surface area (Å²) < 4.78 is 0. The lowest BCUT2D eigenvalue weighted by atomic mass is 9.44. The average Bonchev–Trinajstić information content (AvgIpc) is 2.93. The van der Waals surface area contributed by atoms with E-state index in [0.717, 1.165) is 36.5 Å². The first-order valence-corrected chi connectivity index (χ1v) is 11.9. The van der Waals surface area contributed by atoms with Gasteiger partial charge in [-0.3, -0.25) is 0 Å². The zero-order valence-corrected chi connectivity index (χ0v) is 19.6. The molecular formula is C26H48O. The molecule has 3 aliphatic carbocycles. The molecule has 0 amide bonds. The van der Waals surface area contributed by atoms with Gasteiger partial charge in [-0.2, -0.15) is 0 Å². The van der Waals surface area contributed by atoms with Crippen molar-refractivity contribution >= 4 is 0 Å². The van der Waals surface area contributed by atoms with Crippen molar-refractivity contribution in [1.82, 2.24) is 0 Å². The maximum Gasteiger partial charge on any atom is 0.0602 e. The Morgan fingerprint density at radius 2 is 1.67 bits per heavy atom. The summed E-state index contributed by atoms with van der Waals surface area (Å²) in [7, 11) is 0. The molecule has 0 heterocycles. The molecule has 0 saturated heterocycles. The van der Waals surface area contributed by atoms with Gasteiger partial charge in [0.25, 0.3) is 0 Å². The molecule has 3 saturated carbocycles. The van der Waals surface area contributed by atoms with E-state index in [1.165, 1.54) is 37.7 Å². The largest absolute Gasteiger partial charge is 0.393 e. The zero-order chi connectivity index (χ0) is 20.6. The van der Waals surface area contributed by atoms with Crippen molar-refractivity contribution in [1.29, 1.82) is 0 Å². The smallest absolute Gasteiger partial charge is 0.0602 e. The van der Waals surface area contributed by atoms with Crippen molar-refractivity contribution in [3.63, 3.8) is 0 Å². The summed E-state index contributed by atoms with van der Waals surface area (Å²) in [6.07, 6.45) is 8.67. The molecule has 3 rings (SSSR count). The molecule has 0 bridgehead atoms. The second-order valence-corrected chi connectivity index (χ2v) is 11.0. The van der Waals surface area contributed by atoms with E-state index in [4.69, 9.17) is 0 Å². The fraction of sp³-hybridized carbons (Fsp3) is 0.923. The van der Waals surface area contributed by atoms with Crippen molar-refractivity contribution < 1.29 is 5.11 Å². The van der Waals surface area contributed by atoms with E-state index in [9.17, 15) is 5.11 Å². The highest BCUT2D eigenvalue weighted by molar-refractivity contribution is 5.11. The van der Waals surface area contributed by atoms with Gasteiger partial charge >= 0.3 is 0 Å². The summed E-state index contributed by atoms with van der Waals surface area (Å²) in [6, 6.07) is 0. The fourth-order valence-electron chi connectivity index (χ4n) is 7.45. The quantitative estimate of drug-likeness (QED) is 0.504. The van der Waals surface area contributed by atoms with Gasteiger partial charge in [-0.15, -0.1) is 6.58 Å². The van der Waals surface area contributed by atoms with Gasteiger partial charge in [-0.1, -0.05) is 54.0 Å². The maximum absolute atomic E-state index is 11.3. The highest BCUT2D eigenvalue weighted by Gasteiger charge is 2.62. The van der Waals surface area contributed by atoms with E-state index in [0.29, 0.717) is 17.3 Å². The Labute approximate surface area is 170 Å². The first kappa shape index (κ1) is 23.0. The molecule has 27 heavy (non-hydrogen) atoms. The maximum atomic E-state index is 11.3. The first-order valence-electron chi connectivity index (χ1n) is 11.9.